The molecule has 3 atom stereocenters. The van der Waals surface area contributed by atoms with E-state index in [1.165, 1.54) is 0 Å². The number of aryl methyl sites for hydroxylation is 2. The van der Waals surface area contributed by atoms with E-state index in [1.807, 2.05) is 49.0 Å². The average molecular weight is 522 g/mol. The average Bonchev–Trinajstić information content (AvgIpc) is 3.46. The Kier molecular flexibility index (Phi) is 7.10. The quantitative estimate of drug-likeness (QED) is 0.341. The molecule has 3 N–H and O–H groups in total. The summed E-state index contributed by atoms with van der Waals surface area (Å²) in [6.45, 7) is 2.30. The fourth-order valence-electron chi connectivity index (χ4n) is 4.82. The topological polar surface area (TPSA) is 122 Å². The number of aliphatic hydroxyl groups is 2. The van der Waals surface area contributed by atoms with Crippen LogP contribution in [0.15, 0.2) is 48.9 Å². The number of carbonyl (C=O) groups excluding carboxylic acids is 1. The standard InChI is InChI=1S/C27H28ClN5O4/c1-15-8-19(22-6-7-31-33(22)2)18-4-3-5-25(26(18)32-15)37-14-20-17(11-29-13-21(20)28)12-30-27(36)16-9-23(34)24(35)10-16/h3-8,11,13,16,23-24,34-35H,9-10,12,14H2,1-2H3,(H,30,36)/t16?,23-,24+. The van der Waals surface area contributed by atoms with Gasteiger partial charge in [0, 0.05) is 60.3 Å². The molecule has 1 saturated carbocycles. The SMILES string of the molecule is Cc1cc(-c2ccnn2C)c2cccc(OCc3c(Cl)cncc3CNC(=O)C3C[C@@H](O)[C@@H](O)C3)c2n1. The van der Waals surface area contributed by atoms with Crippen molar-refractivity contribution in [1.29, 1.82) is 0 Å². The number of fused-ring (bicyclic) bond motifs is 1. The molecule has 37 heavy (non-hydrogen) atoms. The van der Waals surface area contributed by atoms with Gasteiger partial charge in [0.1, 0.15) is 17.9 Å². The molecule has 3 aromatic heterocycles. The number of rotatable bonds is 7. The molecule has 3 heterocycles. The second-order valence-corrected chi connectivity index (χ2v) is 9.78. The Morgan fingerprint density at radius 3 is 2.73 bits per heavy atom. The van der Waals surface area contributed by atoms with Gasteiger partial charge in [-0.25, -0.2) is 4.98 Å². The Bertz CT molecular complexity index is 1450. The summed E-state index contributed by atoms with van der Waals surface area (Å²) in [6.07, 6.45) is 3.69. The maximum atomic E-state index is 12.6. The van der Waals surface area contributed by atoms with Crippen molar-refractivity contribution >= 4 is 28.4 Å². The van der Waals surface area contributed by atoms with E-state index < -0.39 is 18.1 Å². The Balaban J connectivity index is 1.37. The highest BCUT2D eigenvalue weighted by Gasteiger charge is 2.35. The van der Waals surface area contributed by atoms with Crippen molar-refractivity contribution in [3.63, 3.8) is 0 Å². The summed E-state index contributed by atoms with van der Waals surface area (Å²) < 4.78 is 8.07. The normalized spacial score (nSPS) is 19.3. The van der Waals surface area contributed by atoms with Gasteiger partial charge in [0.25, 0.3) is 0 Å². The van der Waals surface area contributed by atoms with E-state index in [1.54, 1.807) is 18.6 Å². The smallest absolute Gasteiger partial charge is 0.223 e. The summed E-state index contributed by atoms with van der Waals surface area (Å²) in [5.41, 5.74) is 5.01. The highest BCUT2D eigenvalue weighted by atomic mass is 35.5. The lowest BCUT2D eigenvalue weighted by molar-refractivity contribution is -0.125. The van der Waals surface area contributed by atoms with E-state index >= 15 is 0 Å². The molecule has 4 aromatic rings. The third-order valence-corrected chi connectivity index (χ3v) is 7.14. The maximum absolute atomic E-state index is 12.6. The lowest BCUT2D eigenvalue weighted by Crippen LogP contribution is -2.30. The van der Waals surface area contributed by atoms with E-state index in [0.29, 0.717) is 16.3 Å². The molecular weight excluding hydrogens is 494 g/mol. The molecule has 1 unspecified atom stereocenters. The molecule has 0 aliphatic heterocycles. The summed E-state index contributed by atoms with van der Waals surface area (Å²) in [6, 6.07) is 9.80. The minimum absolute atomic E-state index is 0.156. The summed E-state index contributed by atoms with van der Waals surface area (Å²) in [7, 11) is 1.90. The van der Waals surface area contributed by atoms with Gasteiger partial charge in [0.05, 0.1) is 22.9 Å². The number of aliphatic hydroxyl groups excluding tert-OH is 2. The molecule has 1 aromatic carbocycles. The summed E-state index contributed by atoms with van der Waals surface area (Å²) in [5.74, 6) is -0.0456. The number of pyridine rings is 2. The Morgan fingerprint density at radius 1 is 1.22 bits per heavy atom. The Morgan fingerprint density at radius 2 is 2.00 bits per heavy atom. The number of nitrogens with zero attached hydrogens (tertiary/aromatic N) is 4. The van der Waals surface area contributed by atoms with Crippen molar-refractivity contribution in [2.24, 2.45) is 13.0 Å². The number of nitrogens with one attached hydrogen (secondary N) is 1. The van der Waals surface area contributed by atoms with Gasteiger partial charge < -0.3 is 20.3 Å². The predicted molar refractivity (Wildman–Crippen MR) is 139 cm³/mol. The third-order valence-electron chi connectivity index (χ3n) is 6.81. The van der Waals surface area contributed by atoms with Crippen LogP contribution >= 0.6 is 11.6 Å². The largest absolute Gasteiger partial charge is 0.487 e. The van der Waals surface area contributed by atoms with Gasteiger partial charge in [0.15, 0.2) is 0 Å². The van der Waals surface area contributed by atoms with Crippen LogP contribution in [0.2, 0.25) is 5.02 Å². The van der Waals surface area contributed by atoms with Crippen molar-refractivity contribution in [3.8, 4) is 17.0 Å². The first-order valence-electron chi connectivity index (χ1n) is 12.1. The van der Waals surface area contributed by atoms with E-state index in [0.717, 1.165) is 33.4 Å². The van der Waals surface area contributed by atoms with Crippen LogP contribution in [0.25, 0.3) is 22.2 Å². The van der Waals surface area contributed by atoms with Gasteiger partial charge >= 0.3 is 0 Å². The highest BCUT2D eigenvalue weighted by Crippen LogP contribution is 2.34. The zero-order chi connectivity index (χ0) is 26.1. The molecule has 9 nitrogen and oxygen atoms in total. The molecule has 1 amide bonds. The minimum Gasteiger partial charge on any atom is -0.487 e. The van der Waals surface area contributed by atoms with Gasteiger partial charge in [-0.05, 0) is 43.5 Å². The molecule has 10 heteroatoms. The van der Waals surface area contributed by atoms with Gasteiger partial charge in [0.2, 0.25) is 5.91 Å². The number of halogens is 1. The zero-order valence-electron chi connectivity index (χ0n) is 20.6. The molecule has 5 rings (SSSR count). The molecule has 0 bridgehead atoms. The second kappa shape index (κ2) is 10.5. The van der Waals surface area contributed by atoms with Crippen LogP contribution in [0, 0.1) is 12.8 Å². The van der Waals surface area contributed by atoms with Gasteiger partial charge in [-0.2, -0.15) is 5.10 Å². The molecule has 0 spiro atoms. The lowest BCUT2D eigenvalue weighted by Gasteiger charge is -2.16. The van der Waals surface area contributed by atoms with Crippen molar-refractivity contribution in [2.75, 3.05) is 0 Å². The molecule has 0 radical (unpaired) electrons. The number of hydrogen-bond acceptors (Lipinski definition) is 7. The Hall–Kier alpha value is -3.53. The van der Waals surface area contributed by atoms with E-state index in [2.05, 4.69) is 15.4 Å². The summed E-state index contributed by atoms with van der Waals surface area (Å²) in [4.78, 5) is 21.5. The first-order valence-corrected chi connectivity index (χ1v) is 12.5. The number of para-hydroxylation sites is 1. The van der Waals surface area contributed by atoms with Crippen LogP contribution in [-0.2, 0) is 25.0 Å². The van der Waals surface area contributed by atoms with Crippen molar-refractivity contribution in [2.45, 2.75) is 45.1 Å². The fourth-order valence-corrected chi connectivity index (χ4v) is 5.05. The highest BCUT2D eigenvalue weighted by molar-refractivity contribution is 6.31. The van der Waals surface area contributed by atoms with Gasteiger partial charge in [-0.1, -0.05) is 23.7 Å². The van der Waals surface area contributed by atoms with Crippen molar-refractivity contribution in [1.82, 2.24) is 25.1 Å². The second-order valence-electron chi connectivity index (χ2n) is 9.37. The summed E-state index contributed by atoms with van der Waals surface area (Å²) in [5, 5.41) is 28.1. The number of aromatic nitrogens is 4. The molecular formula is C27H28ClN5O4. The van der Waals surface area contributed by atoms with E-state index in [-0.39, 0.29) is 31.9 Å². The van der Waals surface area contributed by atoms with Crippen LogP contribution in [0.5, 0.6) is 5.75 Å². The van der Waals surface area contributed by atoms with E-state index in [4.69, 9.17) is 21.3 Å². The number of ether oxygens (including phenoxy) is 1. The molecule has 1 aliphatic rings. The van der Waals surface area contributed by atoms with Gasteiger partial charge in [-0.3, -0.25) is 14.5 Å². The van der Waals surface area contributed by atoms with Crippen molar-refractivity contribution in [3.05, 3.63) is 70.8 Å². The molecule has 1 aliphatic carbocycles. The number of amides is 1. The van der Waals surface area contributed by atoms with Crippen LogP contribution < -0.4 is 10.1 Å². The van der Waals surface area contributed by atoms with Crippen LogP contribution in [0.4, 0.5) is 0 Å². The summed E-state index contributed by atoms with van der Waals surface area (Å²) >= 11 is 6.48. The van der Waals surface area contributed by atoms with E-state index in [9.17, 15) is 15.0 Å². The fraction of sp³-hybridized carbons (Fsp3) is 0.333. The number of hydrogen-bond donors (Lipinski definition) is 3. The zero-order valence-corrected chi connectivity index (χ0v) is 21.3. The number of benzene rings is 1. The van der Waals surface area contributed by atoms with Crippen LogP contribution in [0.3, 0.4) is 0 Å². The molecule has 0 saturated heterocycles. The maximum Gasteiger partial charge on any atom is 0.223 e. The predicted octanol–water partition coefficient (Wildman–Crippen LogP) is 3.32. The first-order chi connectivity index (χ1) is 17.8. The lowest BCUT2D eigenvalue weighted by atomic mass is 10.0. The van der Waals surface area contributed by atoms with Crippen LogP contribution in [-0.4, -0.2) is 48.1 Å². The number of carbonyl (C=O) groups is 1. The van der Waals surface area contributed by atoms with Gasteiger partial charge in [-0.15, -0.1) is 0 Å². The van der Waals surface area contributed by atoms with Crippen LogP contribution in [0.1, 0.15) is 29.7 Å². The monoisotopic (exact) mass is 521 g/mol. The molecule has 192 valence electrons. The Labute approximate surface area is 219 Å². The first kappa shape index (κ1) is 25.1. The third kappa shape index (κ3) is 5.16. The molecule has 1 fully saturated rings. The van der Waals surface area contributed by atoms with Crippen molar-refractivity contribution < 1.29 is 19.7 Å². The minimum atomic E-state index is -0.871.